The molecule has 1 aromatic rings. The number of hydrogen-bond acceptors (Lipinski definition) is 5. The van der Waals surface area contributed by atoms with Crippen LogP contribution in [0.4, 0.5) is 0 Å². The molecular formula is C11H19N3O2. The lowest BCUT2D eigenvalue weighted by atomic mass is 9.96. The zero-order valence-corrected chi connectivity index (χ0v) is 9.74. The zero-order chi connectivity index (χ0) is 11.2. The van der Waals surface area contributed by atoms with Crippen molar-refractivity contribution in [3.63, 3.8) is 0 Å². The lowest BCUT2D eigenvalue weighted by Gasteiger charge is -2.20. The van der Waals surface area contributed by atoms with Crippen LogP contribution in [0.25, 0.3) is 0 Å². The molecule has 1 aliphatic rings. The number of rotatable bonds is 5. The van der Waals surface area contributed by atoms with Crippen molar-refractivity contribution in [3.8, 4) is 0 Å². The summed E-state index contributed by atoms with van der Waals surface area (Å²) in [5.74, 6) is 2.16. The summed E-state index contributed by atoms with van der Waals surface area (Å²) in [5.41, 5.74) is 0. The van der Waals surface area contributed by atoms with Crippen LogP contribution in [0.15, 0.2) is 4.52 Å². The van der Waals surface area contributed by atoms with Crippen molar-refractivity contribution in [1.82, 2.24) is 15.5 Å². The van der Waals surface area contributed by atoms with Crippen molar-refractivity contribution in [1.29, 1.82) is 0 Å². The summed E-state index contributed by atoms with van der Waals surface area (Å²) in [5, 5.41) is 7.32. The fraction of sp³-hybridized carbons (Fsp3) is 0.818. The van der Waals surface area contributed by atoms with Crippen molar-refractivity contribution < 1.29 is 9.26 Å². The maximum atomic E-state index is 5.22. The van der Waals surface area contributed by atoms with Crippen LogP contribution < -0.4 is 5.32 Å². The summed E-state index contributed by atoms with van der Waals surface area (Å²) >= 11 is 0. The van der Waals surface area contributed by atoms with E-state index in [0.29, 0.717) is 12.5 Å². The van der Waals surface area contributed by atoms with Gasteiger partial charge in [0.15, 0.2) is 5.82 Å². The molecule has 0 radical (unpaired) electrons. The molecule has 1 N–H and O–H groups in total. The maximum Gasteiger partial charge on any atom is 0.226 e. The molecule has 2 rings (SSSR count). The third-order valence-electron chi connectivity index (χ3n) is 2.90. The van der Waals surface area contributed by atoms with E-state index in [4.69, 9.17) is 9.26 Å². The molecule has 0 bridgehead atoms. The quantitative estimate of drug-likeness (QED) is 0.803. The molecule has 1 fully saturated rings. The smallest absolute Gasteiger partial charge is 0.226 e. The Labute approximate surface area is 95.6 Å². The van der Waals surface area contributed by atoms with Crippen LogP contribution in [0, 0.1) is 5.92 Å². The molecule has 0 spiro atoms. The molecule has 1 aromatic heterocycles. The molecule has 1 saturated heterocycles. The van der Waals surface area contributed by atoms with Crippen molar-refractivity contribution in [2.45, 2.75) is 25.7 Å². The van der Waals surface area contributed by atoms with Gasteiger partial charge >= 0.3 is 0 Å². The van der Waals surface area contributed by atoms with Crippen molar-refractivity contribution in [2.75, 3.05) is 26.8 Å². The van der Waals surface area contributed by atoms with E-state index >= 15 is 0 Å². The molecule has 0 aromatic carbocycles. The number of methoxy groups -OCH3 is 1. The largest absolute Gasteiger partial charge is 0.384 e. The Morgan fingerprint density at radius 1 is 1.56 bits per heavy atom. The van der Waals surface area contributed by atoms with Gasteiger partial charge in [0.2, 0.25) is 5.89 Å². The Kier molecular flexibility index (Phi) is 4.30. The fourth-order valence-corrected chi connectivity index (χ4v) is 2.01. The second-order valence-corrected chi connectivity index (χ2v) is 4.26. The minimum atomic E-state index is 0.643. The van der Waals surface area contributed by atoms with E-state index in [1.165, 1.54) is 12.8 Å². The lowest BCUT2D eigenvalue weighted by molar-refractivity contribution is 0.199. The lowest BCUT2D eigenvalue weighted by Crippen LogP contribution is -2.30. The summed E-state index contributed by atoms with van der Waals surface area (Å²) in [6.07, 6.45) is 4.12. The monoisotopic (exact) mass is 225 g/mol. The number of aromatic nitrogens is 2. The molecule has 2 heterocycles. The zero-order valence-electron chi connectivity index (χ0n) is 9.74. The Morgan fingerprint density at radius 3 is 3.25 bits per heavy atom. The van der Waals surface area contributed by atoms with Gasteiger partial charge in [0.25, 0.3) is 0 Å². The average Bonchev–Trinajstić information content (AvgIpc) is 2.75. The Morgan fingerprint density at radius 2 is 2.50 bits per heavy atom. The van der Waals surface area contributed by atoms with Gasteiger partial charge in [0.1, 0.15) is 0 Å². The minimum Gasteiger partial charge on any atom is -0.384 e. The molecule has 0 saturated carbocycles. The summed E-state index contributed by atoms with van der Waals surface area (Å²) in [7, 11) is 1.68. The van der Waals surface area contributed by atoms with Crippen LogP contribution in [0.2, 0.25) is 0 Å². The van der Waals surface area contributed by atoms with E-state index in [0.717, 1.165) is 37.6 Å². The topological polar surface area (TPSA) is 60.2 Å². The molecular weight excluding hydrogens is 206 g/mol. The van der Waals surface area contributed by atoms with Crippen LogP contribution >= 0.6 is 0 Å². The standard InChI is InChI=1S/C11H19N3O2/c1-15-6-4-10-13-11(16-14-10)7-9-3-2-5-12-8-9/h9,12H,2-8H2,1H3/t9-/m0/s1. The van der Waals surface area contributed by atoms with Crippen molar-refractivity contribution >= 4 is 0 Å². The first-order valence-corrected chi connectivity index (χ1v) is 5.89. The highest BCUT2D eigenvalue weighted by Crippen LogP contribution is 2.15. The van der Waals surface area contributed by atoms with Gasteiger partial charge in [-0.3, -0.25) is 0 Å². The average molecular weight is 225 g/mol. The number of nitrogens with one attached hydrogen (secondary N) is 1. The van der Waals surface area contributed by atoms with Gasteiger partial charge in [-0.05, 0) is 31.8 Å². The Balaban J connectivity index is 1.81. The maximum absolute atomic E-state index is 5.22. The van der Waals surface area contributed by atoms with Gasteiger partial charge in [0.05, 0.1) is 6.61 Å². The number of piperidine rings is 1. The van der Waals surface area contributed by atoms with E-state index in [-0.39, 0.29) is 0 Å². The van der Waals surface area contributed by atoms with Gasteiger partial charge in [-0.15, -0.1) is 0 Å². The number of ether oxygens (including phenoxy) is 1. The SMILES string of the molecule is COCCc1noc(C[C@@H]2CCCNC2)n1. The first-order valence-electron chi connectivity index (χ1n) is 5.89. The van der Waals surface area contributed by atoms with Gasteiger partial charge < -0.3 is 14.6 Å². The van der Waals surface area contributed by atoms with Gasteiger partial charge in [-0.25, -0.2) is 0 Å². The summed E-state index contributed by atoms with van der Waals surface area (Å²) in [4.78, 5) is 4.36. The highest BCUT2D eigenvalue weighted by molar-refractivity contribution is 4.89. The fourth-order valence-electron chi connectivity index (χ4n) is 2.01. The molecule has 5 heteroatoms. The summed E-state index contributed by atoms with van der Waals surface area (Å²) in [6, 6.07) is 0. The number of nitrogens with zero attached hydrogens (tertiary/aromatic N) is 2. The van der Waals surface area contributed by atoms with Crippen LogP contribution in [0.3, 0.4) is 0 Å². The van der Waals surface area contributed by atoms with E-state index in [2.05, 4.69) is 15.5 Å². The van der Waals surface area contributed by atoms with E-state index in [9.17, 15) is 0 Å². The molecule has 0 aliphatic carbocycles. The van der Waals surface area contributed by atoms with Gasteiger partial charge in [-0.2, -0.15) is 4.98 Å². The normalized spacial score (nSPS) is 21.2. The predicted molar refractivity (Wildman–Crippen MR) is 59.2 cm³/mol. The molecule has 0 amide bonds. The Bertz CT molecular complexity index is 308. The number of hydrogen-bond donors (Lipinski definition) is 1. The van der Waals surface area contributed by atoms with Crippen molar-refractivity contribution in [3.05, 3.63) is 11.7 Å². The third-order valence-corrected chi connectivity index (χ3v) is 2.90. The molecule has 1 atom stereocenters. The van der Waals surface area contributed by atoms with Crippen molar-refractivity contribution in [2.24, 2.45) is 5.92 Å². The van der Waals surface area contributed by atoms with E-state index in [1.54, 1.807) is 7.11 Å². The van der Waals surface area contributed by atoms with E-state index < -0.39 is 0 Å². The second kappa shape index (κ2) is 5.96. The Hall–Kier alpha value is -0.940. The highest BCUT2D eigenvalue weighted by Gasteiger charge is 2.17. The summed E-state index contributed by atoms with van der Waals surface area (Å²) < 4.78 is 10.2. The van der Waals surface area contributed by atoms with Crippen LogP contribution in [0.1, 0.15) is 24.6 Å². The van der Waals surface area contributed by atoms with Crippen LogP contribution in [-0.2, 0) is 17.6 Å². The third kappa shape index (κ3) is 3.28. The molecule has 16 heavy (non-hydrogen) atoms. The predicted octanol–water partition coefficient (Wildman–Crippen LogP) is 0.801. The second-order valence-electron chi connectivity index (χ2n) is 4.26. The first-order chi connectivity index (χ1) is 7.88. The van der Waals surface area contributed by atoms with Gasteiger partial charge in [0, 0.05) is 20.0 Å². The van der Waals surface area contributed by atoms with Crippen LogP contribution in [0.5, 0.6) is 0 Å². The molecule has 0 unspecified atom stereocenters. The van der Waals surface area contributed by atoms with E-state index in [1.807, 2.05) is 0 Å². The molecule has 5 nitrogen and oxygen atoms in total. The first kappa shape index (κ1) is 11.5. The highest BCUT2D eigenvalue weighted by atomic mass is 16.5. The van der Waals surface area contributed by atoms with Gasteiger partial charge in [-0.1, -0.05) is 5.16 Å². The minimum absolute atomic E-state index is 0.643. The van der Waals surface area contributed by atoms with Crippen LogP contribution in [-0.4, -0.2) is 36.9 Å². The molecule has 90 valence electrons. The molecule has 1 aliphatic heterocycles. The summed E-state index contributed by atoms with van der Waals surface area (Å²) in [6.45, 7) is 2.85.